The number of aliphatic hydroxyl groups excluding tert-OH is 3. The number of anilines is 2. The molecular formula is C51H64N4O13. The molecule has 5 N–H and O–H groups in total. The first-order valence-corrected chi connectivity index (χ1v) is 23.2. The predicted molar refractivity (Wildman–Crippen MR) is 259 cm³/mol. The Morgan fingerprint density at radius 1 is 0.956 bits per heavy atom. The lowest BCUT2D eigenvalue weighted by Crippen LogP contribution is -2.47. The van der Waals surface area contributed by atoms with Crippen LogP contribution in [0.3, 0.4) is 0 Å². The molecule has 366 valence electrons. The van der Waals surface area contributed by atoms with Crippen molar-refractivity contribution in [2.45, 2.75) is 99.4 Å². The van der Waals surface area contributed by atoms with Crippen molar-refractivity contribution in [2.24, 2.45) is 29.6 Å². The maximum atomic E-state index is 14.9. The van der Waals surface area contributed by atoms with Crippen LogP contribution in [0, 0.1) is 36.5 Å². The lowest BCUT2D eigenvalue weighted by atomic mass is 9.78. The van der Waals surface area contributed by atoms with Gasteiger partial charge in [-0.1, -0.05) is 59.8 Å². The highest BCUT2D eigenvalue weighted by molar-refractivity contribution is 6.16. The van der Waals surface area contributed by atoms with Crippen LogP contribution >= 0.6 is 0 Å². The van der Waals surface area contributed by atoms with Gasteiger partial charge in [0.15, 0.2) is 22.4 Å². The third kappa shape index (κ3) is 9.28. The molecule has 68 heavy (non-hydrogen) atoms. The van der Waals surface area contributed by atoms with Crippen LogP contribution in [0.25, 0.3) is 38.7 Å². The Balaban J connectivity index is 1.46. The van der Waals surface area contributed by atoms with Crippen molar-refractivity contribution in [1.82, 2.24) is 9.88 Å². The molecule has 1 fully saturated rings. The fourth-order valence-corrected chi connectivity index (χ4v) is 9.76. The normalized spacial score (nSPS) is 29.5. The number of carbonyl (C=O) groups excluding carboxylic acids is 2. The van der Waals surface area contributed by atoms with E-state index in [4.69, 9.17) is 28.3 Å². The van der Waals surface area contributed by atoms with E-state index >= 15 is 0 Å². The molecule has 1 saturated heterocycles. The van der Waals surface area contributed by atoms with Crippen LogP contribution in [0.2, 0.25) is 0 Å². The van der Waals surface area contributed by atoms with Crippen LogP contribution in [-0.4, -0.2) is 112 Å². The van der Waals surface area contributed by atoms with Crippen molar-refractivity contribution in [3.05, 3.63) is 79.5 Å². The molecule has 3 aromatic carbocycles. The zero-order chi connectivity index (χ0) is 49.7. The molecule has 0 aliphatic carbocycles. The number of esters is 1. The van der Waals surface area contributed by atoms with Crippen molar-refractivity contribution in [1.29, 1.82) is 0 Å². The largest absolute Gasteiger partial charge is 0.507 e. The lowest BCUT2D eigenvalue weighted by molar-refractivity contribution is -0.160. The number of phenols is 1. The van der Waals surface area contributed by atoms with E-state index in [-0.39, 0.29) is 60.8 Å². The number of piperazine rings is 1. The van der Waals surface area contributed by atoms with Gasteiger partial charge in [0.05, 0.1) is 35.2 Å². The van der Waals surface area contributed by atoms with Gasteiger partial charge in [-0.2, -0.15) is 0 Å². The number of rotatable bonds is 5. The van der Waals surface area contributed by atoms with Crippen LogP contribution in [0.15, 0.2) is 62.3 Å². The van der Waals surface area contributed by atoms with Crippen molar-refractivity contribution in [3.8, 4) is 11.5 Å². The third-order valence-electron chi connectivity index (χ3n) is 13.8. The van der Waals surface area contributed by atoms with Gasteiger partial charge in [0, 0.05) is 112 Å². The Bertz CT molecular complexity index is 2900. The first-order chi connectivity index (χ1) is 32.1. The summed E-state index contributed by atoms with van der Waals surface area (Å²) in [7, 11) is 1.45. The molecule has 9 atom stereocenters. The summed E-state index contributed by atoms with van der Waals surface area (Å²) in [5.41, 5.74) is -1.35. The number of methoxy groups -OCH3 is 1. The number of allylic oxidation sites excluding steroid dienone is 2. The number of benzene rings is 3. The van der Waals surface area contributed by atoms with E-state index in [1.165, 1.54) is 59.3 Å². The van der Waals surface area contributed by atoms with Gasteiger partial charge in [0.25, 0.3) is 5.91 Å². The van der Waals surface area contributed by atoms with E-state index in [0.717, 1.165) is 19.6 Å². The number of aliphatic hydroxyl groups is 3. The van der Waals surface area contributed by atoms with Crippen molar-refractivity contribution in [3.63, 3.8) is 0 Å². The van der Waals surface area contributed by atoms with Gasteiger partial charge in [-0.05, 0) is 25.8 Å². The number of ether oxygens (including phenoxy) is 4. The Kier molecular flexibility index (Phi) is 14.3. The molecule has 1 aromatic heterocycles. The second-order valence-corrected chi connectivity index (χ2v) is 19.2. The number of hydrogen-bond acceptors (Lipinski definition) is 16. The number of hydrogen-bond donors (Lipinski definition) is 5. The second-order valence-electron chi connectivity index (χ2n) is 19.2. The van der Waals surface area contributed by atoms with E-state index in [1.807, 2.05) is 0 Å². The van der Waals surface area contributed by atoms with Gasteiger partial charge < -0.3 is 54.0 Å². The summed E-state index contributed by atoms with van der Waals surface area (Å²) in [6.45, 7) is 20.8. The summed E-state index contributed by atoms with van der Waals surface area (Å²) in [5.74, 6) is -6.43. The molecule has 3 aliphatic rings. The highest BCUT2D eigenvalue weighted by Crippen LogP contribution is 2.42. The summed E-state index contributed by atoms with van der Waals surface area (Å²) in [5, 5.41) is 49.3. The maximum absolute atomic E-state index is 14.9. The molecule has 3 aliphatic heterocycles. The number of amides is 1. The van der Waals surface area contributed by atoms with Crippen LogP contribution in [-0.2, 0) is 23.8 Å². The molecular weight excluding hydrogens is 877 g/mol. The number of phenolic OH excluding ortho intramolecular Hbond substituents is 1. The molecule has 0 saturated carbocycles. The second kappa shape index (κ2) is 19.5. The Morgan fingerprint density at radius 3 is 2.29 bits per heavy atom. The molecule has 1 amide bonds. The first kappa shape index (κ1) is 49.9. The fraction of sp³-hybridized carbons (Fsp3) is 0.510. The zero-order valence-electron chi connectivity index (χ0n) is 40.6. The van der Waals surface area contributed by atoms with E-state index in [9.17, 15) is 39.6 Å². The van der Waals surface area contributed by atoms with Gasteiger partial charge in [0.1, 0.15) is 28.8 Å². The molecule has 0 radical (unpaired) electrons. The number of aromatic hydroxyl groups is 1. The molecule has 17 heteroatoms. The number of carbonyl (C=O) groups is 2. The molecule has 4 aromatic rings. The minimum absolute atomic E-state index is 0.0390. The standard InChI is InChI=1S/C51H64N4O13/c1-24(2)23-54-16-18-55(19-17-54)32-21-33(57)39-35(22-32)67-48-40(52-39)36-37-44(60)30(8)47-38(36)49(62)51(10,68-47)65-20-15-34(64-11)27(5)46(66-31(9)56)29(7)43(59)28(6)42(58)25(3)13-12-14-26(4)50(63)53-41(48)45(37)61/h12-15,20-22,24-25,27-29,34,42-43,46,58-60,62H,16-19,23H2,1-11H3,(H,53,63)/b13-12+,20-15+,26-14-/t25-,27+,28+,29+,34-,42-,43+,46+,51-/m0/s1. The highest BCUT2D eigenvalue weighted by atomic mass is 16.7. The maximum Gasteiger partial charge on any atom is 0.307 e. The van der Waals surface area contributed by atoms with E-state index in [0.29, 0.717) is 24.7 Å². The lowest BCUT2D eigenvalue weighted by Gasteiger charge is -2.38. The van der Waals surface area contributed by atoms with Gasteiger partial charge in [0.2, 0.25) is 10.9 Å². The minimum Gasteiger partial charge on any atom is -0.507 e. The van der Waals surface area contributed by atoms with Crippen molar-refractivity contribution in [2.75, 3.05) is 50.1 Å². The van der Waals surface area contributed by atoms with E-state index in [2.05, 4.69) is 29.0 Å². The topological polar surface area (TPSA) is 231 Å². The highest BCUT2D eigenvalue weighted by Gasteiger charge is 2.44. The van der Waals surface area contributed by atoms with Crippen molar-refractivity contribution >= 4 is 62.0 Å². The van der Waals surface area contributed by atoms with Gasteiger partial charge in [-0.3, -0.25) is 24.1 Å². The summed E-state index contributed by atoms with van der Waals surface area (Å²) in [6.07, 6.45) is 3.57. The van der Waals surface area contributed by atoms with Gasteiger partial charge in [-0.25, -0.2) is 4.98 Å². The first-order valence-electron chi connectivity index (χ1n) is 23.2. The molecule has 0 unspecified atom stereocenters. The Morgan fingerprint density at radius 2 is 1.65 bits per heavy atom. The molecule has 0 spiro atoms. The molecule has 7 rings (SSSR count). The van der Waals surface area contributed by atoms with Crippen molar-refractivity contribution < 1.29 is 53.4 Å². The van der Waals surface area contributed by atoms with E-state index in [1.54, 1.807) is 45.9 Å². The number of fused-ring (bicyclic) bond motifs is 2. The number of nitrogens with one attached hydrogen (secondary N) is 1. The summed E-state index contributed by atoms with van der Waals surface area (Å²) >= 11 is 0. The zero-order valence-corrected chi connectivity index (χ0v) is 40.6. The summed E-state index contributed by atoms with van der Waals surface area (Å²) < 4.78 is 30.5. The third-order valence-corrected chi connectivity index (χ3v) is 13.8. The molecule has 4 bridgehead atoms. The average molecular weight is 941 g/mol. The summed E-state index contributed by atoms with van der Waals surface area (Å²) in [4.78, 5) is 64.7. The van der Waals surface area contributed by atoms with Gasteiger partial charge in [-0.15, -0.1) is 0 Å². The predicted octanol–water partition coefficient (Wildman–Crippen LogP) is 5.34. The monoisotopic (exact) mass is 940 g/mol. The number of aromatic nitrogens is 1. The van der Waals surface area contributed by atoms with Crippen LogP contribution < -0.4 is 31.0 Å². The SMILES string of the molecule is CO[C@H]1/C=C/O[C@@]2(C)Oc3c(C)c(O)c4c(=O)c(c5oc6cc(N7CCN(CC(C)C)CC7)cc(=O)c6nc5c4c3=C2O)NC(=O)/C(C)=C\C=C\[C@H](C)[C@H](O)[C@@H](C)[C@@H](O)[C@@H](C)[C@H](OC(C)=O)[C@@H]1C. The number of nitrogens with zero attached hydrogens (tertiary/aromatic N) is 3. The smallest absolute Gasteiger partial charge is 0.307 e. The van der Waals surface area contributed by atoms with Crippen LogP contribution in [0.4, 0.5) is 11.4 Å². The summed E-state index contributed by atoms with van der Waals surface area (Å²) in [6, 6.07) is 3.16. The van der Waals surface area contributed by atoms with Gasteiger partial charge >= 0.3 is 11.8 Å². The Hall–Kier alpha value is -6.01. The fourth-order valence-electron chi connectivity index (χ4n) is 9.76. The van der Waals surface area contributed by atoms with Crippen LogP contribution in [0.1, 0.15) is 67.9 Å². The minimum atomic E-state index is -1.98. The average Bonchev–Trinajstić information content (AvgIpc) is 3.56. The van der Waals surface area contributed by atoms with Crippen LogP contribution in [0.5, 0.6) is 11.5 Å². The molecule has 17 nitrogen and oxygen atoms in total. The Labute approximate surface area is 394 Å². The molecule has 4 heterocycles. The quantitative estimate of drug-likeness (QED) is 0.0966. The van der Waals surface area contributed by atoms with E-state index < -0.39 is 88.1 Å².